The molecule has 0 heterocycles. The lowest BCUT2D eigenvalue weighted by Gasteiger charge is -2.20. The molecule has 258 valence electrons. The molecule has 0 amide bonds. The Kier molecular flexibility index (Phi) is 36.8. The van der Waals surface area contributed by atoms with Crippen LogP contribution in [0.2, 0.25) is 0 Å². The van der Waals surface area contributed by atoms with Gasteiger partial charge in [0.1, 0.15) is 5.78 Å². The molecule has 0 aliphatic rings. The topological polar surface area (TPSA) is 96.0 Å². The number of rotatable bonds is 16. The molecule has 0 saturated heterocycles. The Labute approximate surface area is 257 Å². The fourth-order valence-electron chi connectivity index (χ4n) is 2.68. The van der Waals surface area contributed by atoms with Gasteiger partial charge in [0.15, 0.2) is 0 Å². The summed E-state index contributed by atoms with van der Waals surface area (Å²) in [6, 6.07) is 0. The maximum atomic E-state index is 11.8. The molecule has 0 aliphatic carbocycles. The van der Waals surface area contributed by atoms with E-state index in [4.69, 9.17) is 9.47 Å². The molecule has 0 spiro atoms. The minimum absolute atomic E-state index is 0. The van der Waals surface area contributed by atoms with Crippen molar-refractivity contribution in [1.29, 1.82) is 0 Å². The van der Waals surface area contributed by atoms with Gasteiger partial charge in [-0.25, -0.2) is 0 Å². The zero-order valence-corrected chi connectivity index (χ0v) is 23.8. The Morgan fingerprint density at radius 2 is 1.19 bits per heavy atom. The smallest absolute Gasteiger partial charge is 0.389 e. The molecule has 0 bridgehead atoms. The molecule has 0 fully saturated rings. The highest BCUT2D eigenvalue weighted by atomic mass is 19.4. The fraction of sp³-hybridized carbons (Fsp3) is 0.875. The van der Waals surface area contributed by atoms with Gasteiger partial charge >= 0.3 is 24.1 Å². The van der Waals surface area contributed by atoms with E-state index in [1.807, 2.05) is 27.7 Å². The zero-order valence-electron chi connectivity index (χ0n) is 23.8. The SMILES string of the molecule is C.C.C.C.C.CCC(C)(C)C(=O)CCCC(F)(F)F.CCC(C)(C)C(=O)OCCCOC(=O)CCCC(C)C(=O)OC. The van der Waals surface area contributed by atoms with Crippen LogP contribution in [-0.4, -0.2) is 50.2 Å². The van der Waals surface area contributed by atoms with Gasteiger partial charge in [-0.1, -0.05) is 71.8 Å². The molecule has 42 heavy (non-hydrogen) atoms. The zero-order chi connectivity index (χ0) is 29.3. The standard InChI is InChI=1S/C17H30O6.C10H17F3O.5CH4/c1-6-17(3,4)16(20)23-12-8-11-22-14(18)10-7-9-13(2)15(19)21-5;1-4-9(2,3)8(14)6-5-7-10(11,12)13;;;;;/h13H,6-12H2,1-5H3;4-7H2,1-3H3;5*1H4. The lowest BCUT2D eigenvalue weighted by molar-refractivity contribution is -0.155. The second-order valence-corrected chi connectivity index (χ2v) is 10.4. The highest BCUT2D eigenvalue weighted by Crippen LogP contribution is 2.27. The Bertz CT molecular complexity index is 703. The Morgan fingerprint density at radius 3 is 1.62 bits per heavy atom. The van der Waals surface area contributed by atoms with Crippen LogP contribution in [0.4, 0.5) is 13.2 Å². The number of carbonyl (C=O) groups is 4. The summed E-state index contributed by atoms with van der Waals surface area (Å²) >= 11 is 0. The van der Waals surface area contributed by atoms with Crippen molar-refractivity contribution in [3.05, 3.63) is 0 Å². The van der Waals surface area contributed by atoms with Crippen molar-refractivity contribution in [3.8, 4) is 0 Å². The van der Waals surface area contributed by atoms with Crippen LogP contribution in [0.5, 0.6) is 0 Å². The molecule has 0 saturated carbocycles. The van der Waals surface area contributed by atoms with Crippen molar-refractivity contribution in [2.45, 2.75) is 150 Å². The number of Topliss-reactive ketones (excluding diaryl/α,β-unsaturated/α-hetero) is 1. The Hall–Kier alpha value is -2.13. The van der Waals surface area contributed by atoms with Crippen LogP contribution in [0, 0.1) is 16.7 Å². The van der Waals surface area contributed by atoms with E-state index in [0.717, 1.165) is 0 Å². The summed E-state index contributed by atoms with van der Waals surface area (Å²) in [5.74, 6) is -1.10. The van der Waals surface area contributed by atoms with E-state index in [9.17, 15) is 32.3 Å². The molecule has 7 nitrogen and oxygen atoms in total. The van der Waals surface area contributed by atoms with E-state index in [0.29, 0.717) is 32.1 Å². The highest BCUT2D eigenvalue weighted by molar-refractivity contribution is 5.83. The Morgan fingerprint density at radius 1 is 0.714 bits per heavy atom. The number of esters is 3. The average Bonchev–Trinajstić information content (AvgIpc) is 2.82. The third kappa shape index (κ3) is 28.0. The van der Waals surface area contributed by atoms with E-state index in [2.05, 4.69) is 4.74 Å². The van der Waals surface area contributed by atoms with Gasteiger partial charge in [-0.05, 0) is 46.0 Å². The maximum absolute atomic E-state index is 11.8. The minimum atomic E-state index is -4.14. The molecule has 1 atom stereocenters. The van der Waals surface area contributed by atoms with E-state index in [1.54, 1.807) is 20.8 Å². The van der Waals surface area contributed by atoms with Crippen LogP contribution < -0.4 is 0 Å². The normalized spacial score (nSPS) is 11.1. The van der Waals surface area contributed by atoms with Gasteiger partial charge in [0.25, 0.3) is 0 Å². The molecule has 0 N–H and O–H groups in total. The number of carbonyl (C=O) groups excluding carboxylic acids is 4. The summed E-state index contributed by atoms with van der Waals surface area (Å²) in [6.07, 6.45) is -1.77. The van der Waals surface area contributed by atoms with Crippen LogP contribution in [0.25, 0.3) is 0 Å². The second kappa shape index (κ2) is 27.7. The van der Waals surface area contributed by atoms with Gasteiger partial charge in [-0.3, -0.25) is 19.2 Å². The van der Waals surface area contributed by atoms with Crippen LogP contribution in [0.3, 0.4) is 0 Å². The monoisotopic (exact) mass is 620 g/mol. The average molecular weight is 621 g/mol. The summed E-state index contributed by atoms with van der Waals surface area (Å²) in [5.41, 5.74) is -0.960. The second-order valence-electron chi connectivity index (χ2n) is 10.4. The summed E-state index contributed by atoms with van der Waals surface area (Å²) in [6.45, 7) is 13.2. The number of ketones is 1. The van der Waals surface area contributed by atoms with Gasteiger partial charge in [0, 0.05) is 31.1 Å². The van der Waals surface area contributed by atoms with Gasteiger partial charge < -0.3 is 14.2 Å². The van der Waals surface area contributed by atoms with Gasteiger partial charge in [-0.2, -0.15) is 13.2 Å². The predicted octanol–water partition coefficient (Wildman–Crippen LogP) is 9.78. The molecule has 10 heteroatoms. The van der Waals surface area contributed by atoms with Crippen LogP contribution >= 0.6 is 0 Å². The van der Waals surface area contributed by atoms with Crippen molar-refractivity contribution in [2.75, 3.05) is 20.3 Å². The number of alkyl halides is 3. The fourth-order valence-corrected chi connectivity index (χ4v) is 2.68. The quantitative estimate of drug-likeness (QED) is 0.0962. The third-order valence-electron chi connectivity index (χ3n) is 6.35. The van der Waals surface area contributed by atoms with Crippen LogP contribution in [0.15, 0.2) is 0 Å². The number of hydrogen-bond acceptors (Lipinski definition) is 7. The molecule has 0 aliphatic heterocycles. The van der Waals surface area contributed by atoms with Crippen molar-refractivity contribution >= 4 is 23.7 Å². The maximum Gasteiger partial charge on any atom is 0.389 e. The summed E-state index contributed by atoms with van der Waals surface area (Å²) < 4.78 is 50.1. The first-order valence-corrected chi connectivity index (χ1v) is 12.9. The molecular formula is C32H67F3O7. The van der Waals surface area contributed by atoms with Crippen molar-refractivity contribution in [2.24, 2.45) is 16.7 Å². The Balaban J connectivity index is -0.000000114. The third-order valence-corrected chi connectivity index (χ3v) is 6.35. The molecule has 0 aromatic carbocycles. The van der Waals surface area contributed by atoms with E-state index >= 15 is 0 Å². The highest BCUT2D eigenvalue weighted by Gasteiger charge is 2.29. The van der Waals surface area contributed by atoms with Crippen LogP contribution in [0.1, 0.15) is 143 Å². The van der Waals surface area contributed by atoms with Crippen LogP contribution in [-0.2, 0) is 33.4 Å². The first-order valence-electron chi connectivity index (χ1n) is 12.9. The minimum Gasteiger partial charge on any atom is -0.469 e. The summed E-state index contributed by atoms with van der Waals surface area (Å²) in [5, 5.41) is 0. The summed E-state index contributed by atoms with van der Waals surface area (Å²) in [7, 11) is 1.35. The van der Waals surface area contributed by atoms with Gasteiger partial charge in [0.05, 0.1) is 31.7 Å². The lowest BCUT2D eigenvalue weighted by atomic mass is 9.83. The molecule has 1 unspecified atom stereocenters. The van der Waals surface area contributed by atoms with E-state index in [-0.39, 0.29) is 99.2 Å². The predicted molar refractivity (Wildman–Crippen MR) is 168 cm³/mol. The van der Waals surface area contributed by atoms with E-state index < -0.39 is 23.4 Å². The molecule has 0 rings (SSSR count). The number of ether oxygens (including phenoxy) is 3. The number of halogens is 3. The first kappa shape index (κ1) is 55.8. The number of methoxy groups -OCH3 is 1. The first-order chi connectivity index (χ1) is 16.9. The van der Waals surface area contributed by atoms with Gasteiger partial charge in [0.2, 0.25) is 0 Å². The lowest BCUT2D eigenvalue weighted by Crippen LogP contribution is -2.26. The van der Waals surface area contributed by atoms with Crippen molar-refractivity contribution < 1.29 is 46.6 Å². The molecule has 0 aromatic heterocycles. The molecular weight excluding hydrogens is 553 g/mol. The number of hydrogen-bond donors (Lipinski definition) is 0. The molecule has 0 radical (unpaired) electrons. The van der Waals surface area contributed by atoms with Gasteiger partial charge in [-0.15, -0.1) is 0 Å². The molecule has 0 aromatic rings. The summed E-state index contributed by atoms with van der Waals surface area (Å²) in [4.78, 5) is 45.8. The largest absolute Gasteiger partial charge is 0.469 e. The van der Waals surface area contributed by atoms with E-state index in [1.165, 1.54) is 7.11 Å². The van der Waals surface area contributed by atoms with Crippen molar-refractivity contribution in [1.82, 2.24) is 0 Å². The van der Waals surface area contributed by atoms with Crippen molar-refractivity contribution in [3.63, 3.8) is 0 Å².